The molecule has 1 aromatic heterocycles. The molecule has 0 bridgehead atoms. The quantitative estimate of drug-likeness (QED) is 0.886. The molecule has 5 heteroatoms. The number of carbonyl (C=O) groups is 1. The van der Waals surface area contributed by atoms with Crippen LogP contribution in [0.1, 0.15) is 37.2 Å². The van der Waals surface area contributed by atoms with Gasteiger partial charge in [-0.05, 0) is 37.6 Å². The second-order valence-corrected chi connectivity index (χ2v) is 4.97. The molecule has 2 aromatic rings. The Morgan fingerprint density at radius 2 is 2.10 bits per heavy atom. The average Bonchev–Trinajstić information content (AvgIpc) is 2.97. The highest BCUT2D eigenvalue weighted by molar-refractivity contribution is 5.93. The normalized spacial score (nSPS) is 12.0. The average molecular weight is 288 g/mol. The third-order valence-electron chi connectivity index (χ3n) is 3.22. The predicted molar refractivity (Wildman–Crippen MR) is 80.3 cm³/mol. The molecule has 0 aliphatic heterocycles. The lowest BCUT2D eigenvalue weighted by atomic mass is 10.1. The van der Waals surface area contributed by atoms with Crippen LogP contribution in [0.5, 0.6) is 5.75 Å². The van der Waals surface area contributed by atoms with Crippen molar-refractivity contribution in [2.24, 2.45) is 0 Å². The molecule has 5 nitrogen and oxygen atoms in total. The molecule has 1 amide bonds. The summed E-state index contributed by atoms with van der Waals surface area (Å²) in [6, 6.07) is 9.17. The molecule has 0 aliphatic rings. The Kier molecular flexibility index (Phi) is 4.98. The zero-order valence-corrected chi connectivity index (χ0v) is 12.6. The van der Waals surface area contributed by atoms with E-state index in [2.05, 4.69) is 17.4 Å². The summed E-state index contributed by atoms with van der Waals surface area (Å²) < 4.78 is 10.3. The van der Waals surface area contributed by atoms with Crippen LogP contribution in [0, 0.1) is 0 Å². The third-order valence-corrected chi connectivity index (χ3v) is 3.22. The number of benzene rings is 1. The van der Waals surface area contributed by atoms with Crippen molar-refractivity contribution in [2.45, 2.75) is 32.7 Å². The van der Waals surface area contributed by atoms with E-state index in [-0.39, 0.29) is 11.9 Å². The van der Waals surface area contributed by atoms with Crippen LogP contribution in [0.2, 0.25) is 0 Å². The van der Waals surface area contributed by atoms with Gasteiger partial charge in [0.2, 0.25) is 0 Å². The van der Waals surface area contributed by atoms with E-state index in [1.165, 1.54) is 0 Å². The van der Waals surface area contributed by atoms with Crippen molar-refractivity contribution in [3.8, 4) is 17.1 Å². The summed E-state index contributed by atoms with van der Waals surface area (Å²) in [6.45, 7) is 4.06. The summed E-state index contributed by atoms with van der Waals surface area (Å²) in [5.74, 6) is 1.12. The maximum Gasteiger partial charge on any atom is 0.273 e. The molecule has 0 spiro atoms. The monoisotopic (exact) mass is 288 g/mol. The SMILES string of the molecule is CCCC(C)NC(=O)c1cc(-c2ccc(OC)cc2)on1. The minimum absolute atomic E-state index is 0.128. The Morgan fingerprint density at radius 1 is 1.38 bits per heavy atom. The molecule has 1 aromatic carbocycles. The molecule has 1 unspecified atom stereocenters. The highest BCUT2D eigenvalue weighted by atomic mass is 16.5. The first-order valence-electron chi connectivity index (χ1n) is 7.06. The van der Waals surface area contributed by atoms with Gasteiger partial charge in [-0.1, -0.05) is 18.5 Å². The number of rotatable bonds is 6. The number of amides is 1. The van der Waals surface area contributed by atoms with E-state index in [4.69, 9.17) is 9.26 Å². The van der Waals surface area contributed by atoms with Crippen LogP contribution in [-0.2, 0) is 0 Å². The number of carbonyl (C=O) groups excluding carboxylic acids is 1. The number of ether oxygens (including phenoxy) is 1. The van der Waals surface area contributed by atoms with E-state index >= 15 is 0 Å². The van der Waals surface area contributed by atoms with Crippen LogP contribution in [0.4, 0.5) is 0 Å². The molecule has 2 rings (SSSR count). The van der Waals surface area contributed by atoms with Gasteiger partial charge in [0.1, 0.15) is 5.75 Å². The zero-order valence-electron chi connectivity index (χ0n) is 12.6. The maximum absolute atomic E-state index is 12.0. The van der Waals surface area contributed by atoms with Gasteiger partial charge in [-0.2, -0.15) is 0 Å². The topological polar surface area (TPSA) is 64.4 Å². The number of nitrogens with one attached hydrogen (secondary N) is 1. The number of aromatic nitrogens is 1. The summed E-state index contributed by atoms with van der Waals surface area (Å²) in [5.41, 5.74) is 1.15. The van der Waals surface area contributed by atoms with Crippen molar-refractivity contribution in [1.29, 1.82) is 0 Å². The van der Waals surface area contributed by atoms with Crippen LogP contribution in [-0.4, -0.2) is 24.2 Å². The first-order chi connectivity index (χ1) is 10.1. The van der Waals surface area contributed by atoms with Gasteiger partial charge in [-0.25, -0.2) is 0 Å². The molecule has 1 N–H and O–H groups in total. The van der Waals surface area contributed by atoms with Gasteiger partial charge >= 0.3 is 0 Å². The molecular weight excluding hydrogens is 268 g/mol. The molecule has 1 atom stereocenters. The molecular formula is C16H20N2O3. The summed E-state index contributed by atoms with van der Waals surface area (Å²) in [5, 5.41) is 6.73. The van der Waals surface area contributed by atoms with Crippen molar-refractivity contribution in [3.05, 3.63) is 36.0 Å². The first kappa shape index (κ1) is 15.1. The Hall–Kier alpha value is -2.30. The van der Waals surface area contributed by atoms with Crippen LogP contribution < -0.4 is 10.1 Å². The Morgan fingerprint density at radius 3 is 2.71 bits per heavy atom. The van der Waals surface area contributed by atoms with Crippen molar-refractivity contribution < 1.29 is 14.1 Å². The maximum atomic E-state index is 12.0. The molecule has 1 heterocycles. The van der Waals surface area contributed by atoms with Crippen molar-refractivity contribution in [2.75, 3.05) is 7.11 Å². The van der Waals surface area contributed by atoms with Crippen LogP contribution in [0.25, 0.3) is 11.3 Å². The largest absolute Gasteiger partial charge is 0.497 e. The van der Waals surface area contributed by atoms with E-state index < -0.39 is 0 Å². The number of hydrogen-bond acceptors (Lipinski definition) is 4. The van der Waals surface area contributed by atoms with Crippen molar-refractivity contribution >= 4 is 5.91 Å². The van der Waals surface area contributed by atoms with E-state index in [9.17, 15) is 4.79 Å². The van der Waals surface area contributed by atoms with Gasteiger partial charge in [0.15, 0.2) is 11.5 Å². The lowest BCUT2D eigenvalue weighted by Gasteiger charge is -2.10. The summed E-state index contributed by atoms with van der Waals surface area (Å²) in [6.07, 6.45) is 1.96. The molecule has 0 saturated heterocycles. The summed E-state index contributed by atoms with van der Waals surface area (Å²) in [7, 11) is 1.61. The Labute approximate surface area is 124 Å². The molecule has 0 aliphatic carbocycles. The third kappa shape index (κ3) is 3.84. The number of methoxy groups -OCH3 is 1. The van der Waals surface area contributed by atoms with Gasteiger partial charge in [0.25, 0.3) is 5.91 Å². The lowest BCUT2D eigenvalue weighted by Crippen LogP contribution is -2.32. The van der Waals surface area contributed by atoms with Gasteiger partial charge in [-0.3, -0.25) is 4.79 Å². The molecule has 0 fully saturated rings. The number of hydrogen-bond donors (Lipinski definition) is 1. The van der Waals surface area contributed by atoms with Gasteiger partial charge < -0.3 is 14.6 Å². The number of nitrogens with zero attached hydrogens (tertiary/aromatic N) is 1. The fourth-order valence-electron chi connectivity index (χ4n) is 2.08. The molecule has 112 valence electrons. The minimum Gasteiger partial charge on any atom is -0.497 e. The van der Waals surface area contributed by atoms with Gasteiger partial charge in [0.05, 0.1) is 7.11 Å². The lowest BCUT2D eigenvalue weighted by molar-refractivity contribution is 0.0929. The standard InChI is InChI=1S/C16H20N2O3/c1-4-5-11(2)17-16(19)14-10-15(21-18-14)12-6-8-13(20-3)9-7-12/h6-11H,4-5H2,1-3H3,(H,17,19). The zero-order chi connectivity index (χ0) is 15.2. The summed E-state index contributed by atoms with van der Waals surface area (Å²) in [4.78, 5) is 12.0. The molecule has 0 radical (unpaired) electrons. The smallest absolute Gasteiger partial charge is 0.273 e. The van der Waals surface area contributed by atoms with E-state index in [0.29, 0.717) is 11.5 Å². The van der Waals surface area contributed by atoms with E-state index in [1.807, 2.05) is 31.2 Å². The fourth-order valence-corrected chi connectivity index (χ4v) is 2.08. The fraction of sp³-hybridized carbons (Fsp3) is 0.375. The van der Waals surface area contributed by atoms with Crippen molar-refractivity contribution in [3.63, 3.8) is 0 Å². The molecule has 21 heavy (non-hydrogen) atoms. The minimum atomic E-state index is -0.209. The van der Waals surface area contributed by atoms with Crippen molar-refractivity contribution in [1.82, 2.24) is 10.5 Å². The summed E-state index contributed by atoms with van der Waals surface area (Å²) >= 11 is 0. The van der Waals surface area contributed by atoms with Gasteiger partial charge in [0, 0.05) is 17.7 Å². The van der Waals surface area contributed by atoms with E-state index in [1.54, 1.807) is 13.2 Å². The van der Waals surface area contributed by atoms with Crippen LogP contribution >= 0.6 is 0 Å². The van der Waals surface area contributed by atoms with E-state index in [0.717, 1.165) is 24.2 Å². The Balaban J connectivity index is 2.08. The highest BCUT2D eigenvalue weighted by Gasteiger charge is 2.15. The van der Waals surface area contributed by atoms with Crippen LogP contribution in [0.3, 0.4) is 0 Å². The van der Waals surface area contributed by atoms with Crippen LogP contribution in [0.15, 0.2) is 34.9 Å². The Bertz CT molecular complexity index is 590. The molecule has 0 saturated carbocycles. The predicted octanol–water partition coefficient (Wildman–Crippen LogP) is 3.27. The first-order valence-corrected chi connectivity index (χ1v) is 7.06. The second-order valence-electron chi connectivity index (χ2n) is 4.97. The second kappa shape index (κ2) is 6.92. The van der Waals surface area contributed by atoms with Gasteiger partial charge in [-0.15, -0.1) is 0 Å². The highest BCUT2D eigenvalue weighted by Crippen LogP contribution is 2.23.